The fourth-order valence-corrected chi connectivity index (χ4v) is 3.08. The summed E-state index contributed by atoms with van der Waals surface area (Å²) in [4.78, 5) is 24.9. The van der Waals surface area contributed by atoms with E-state index in [1.54, 1.807) is 6.07 Å². The number of carboxylic acids is 1. The number of fused-ring (bicyclic) bond motifs is 1. The quantitative estimate of drug-likeness (QED) is 0.874. The second-order valence-corrected chi connectivity index (χ2v) is 5.94. The van der Waals surface area contributed by atoms with Crippen LogP contribution in [0.4, 0.5) is 9.18 Å². The largest absolute Gasteiger partial charge is 0.493 e. The number of hydrogen-bond donors (Lipinski definition) is 2. The molecule has 0 aliphatic carbocycles. The first-order chi connectivity index (χ1) is 11.0. The number of nitrogens with zero attached hydrogens (tertiary/aromatic N) is 1. The average Bonchev–Trinajstić information content (AvgIpc) is 2.93. The van der Waals surface area contributed by atoms with E-state index in [9.17, 15) is 14.0 Å². The third-order valence-electron chi connectivity index (χ3n) is 4.37. The topological polar surface area (TPSA) is 78.9 Å². The molecule has 3 rings (SSSR count). The average molecular weight is 322 g/mol. The van der Waals surface area contributed by atoms with Crippen molar-refractivity contribution in [3.8, 4) is 5.75 Å². The van der Waals surface area contributed by atoms with Crippen LogP contribution < -0.4 is 10.1 Å². The third-order valence-corrected chi connectivity index (χ3v) is 4.37. The van der Waals surface area contributed by atoms with E-state index in [1.807, 2.05) is 0 Å². The lowest BCUT2D eigenvalue weighted by Crippen LogP contribution is -2.40. The predicted molar refractivity (Wildman–Crippen MR) is 79.7 cm³/mol. The number of carbonyl (C=O) groups is 2. The van der Waals surface area contributed by atoms with Gasteiger partial charge in [0.1, 0.15) is 11.6 Å². The van der Waals surface area contributed by atoms with E-state index >= 15 is 0 Å². The normalized spacial score (nSPS) is 23.6. The molecule has 1 aromatic rings. The standard InChI is InChI=1S/C16H19FN2O4/c17-11-3-4-12-13(2-1-7-23-14(12)8-11)18-16(22)19-6-5-10(9-19)15(20)21/h3-4,8,10,13H,1-2,5-7,9H2,(H,18,22)(H,20,21). The first-order valence-electron chi connectivity index (χ1n) is 7.75. The molecule has 2 unspecified atom stereocenters. The van der Waals surface area contributed by atoms with Crippen LogP contribution in [0.1, 0.15) is 30.9 Å². The van der Waals surface area contributed by atoms with Gasteiger partial charge in [0.15, 0.2) is 0 Å². The van der Waals surface area contributed by atoms with E-state index in [2.05, 4.69) is 5.32 Å². The molecule has 7 heteroatoms. The molecule has 2 aliphatic rings. The number of urea groups is 1. The summed E-state index contributed by atoms with van der Waals surface area (Å²) in [6.07, 6.45) is 1.91. The molecule has 2 N–H and O–H groups in total. The fourth-order valence-electron chi connectivity index (χ4n) is 3.08. The second-order valence-electron chi connectivity index (χ2n) is 5.94. The number of ether oxygens (including phenoxy) is 1. The highest BCUT2D eigenvalue weighted by atomic mass is 19.1. The Bertz CT molecular complexity index is 622. The summed E-state index contributed by atoms with van der Waals surface area (Å²) in [6.45, 7) is 1.14. The zero-order valence-corrected chi connectivity index (χ0v) is 12.6. The predicted octanol–water partition coefficient (Wildman–Crippen LogP) is 2.16. The van der Waals surface area contributed by atoms with E-state index < -0.39 is 11.9 Å². The summed E-state index contributed by atoms with van der Waals surface area (Å²) in [6, 6.07) is 3.77. The summed E-state index contributed by atoms with van der Waals surface area (Å²) in [5.41, 5.74) is 0.756. The van der Waals surface area contributed by atoms with Crippen LogP contribution in [0.3, 0.4) is 0 Å². The molecule has 124 valence electrons. The first-order valence-corrected chi connectivity index (χ1v) is 7.75. The van der Waals surface area contributed by atoms with Gasteiger partial charge in [0, 0.05) is 24.7 Å². The smallest absolute Gasteiger partial charge is 0.317 e. The zero-order valence-electron chi connectivity index (χ0n) is 12.6. The Kier molecular flexibility index (Phi) is 4.36. The highest BCUT2D eigenvalue weighted by Crippen LogP contribution is 2.32. The Hall–Kier alpha value is -2.31. The third kappa shape index (κ3) is 3.38. The lowest BCUT2D eigenvalue weighted by atomic mass is 10.0. The molecule has 6 nitrogen and oxygen atoms in total. The van der Waals surface area contributed by atoms with Crippen molar-refractivity contribution in [2.45, 2.75) is 25.3 Å². The van der Waals surface area contributed by atoms with Gasteiger partial charge in [-0.1, -0.05) is 6.07 Å². The van der Waals surface area contributed by atoms with Gasteiger partial charge in [-0.3, -0.25) is 4.79 Å². The Morgan fingerprint density at radius 1 is 1.35 bits per heavy atom. The number of amides is 2. The summed E-state index contributed by atoms with van der Waals surface area (Å²) in [5.74, 6) is -1.29. The van der Waals surface area contributed by atoms with Gasteiger partial charge in [0.05, 0.1) is 18.6 Å². The van der Waals surface area contributed by atoms with Crippen LogP contribution >= 0.6 is 0 Å². The van der Waals surface area contributed by atoms with Gasteiger partial charge < -0.3 is 20.1 Å². The van der Waals surface area contributed by atoms with E-state index in [0.717, 1.165) is 12.0 Å². The molecule has 2 atom stereocenters. The number of benzene rings is 1. The monoisotopic (exact) mass is 322 g/mol. The lowest BCUT2D eigenvalue weighted by Gasteiger charge is -2.23. The first kappa shape index (κ1) is 15.6. The van der Waals surface area contributed by atoms with Crippen molar-refractivity contribution in [2.24, 2.45) is 5.92 Å². The summed E-state index contributed by atoms with van der Waals surface area (Å²) < 4.78 is 18.9. The minimum atomic E-state index is -0.871. The molecule has 2 aliphatic heterocycles. The lowest BCUT2D eigenvalue weighted by molar-refractivity contribution is -0.141. The molecule has 0 saturated carbocycles. The minimum absolute atomic E-state index is 0.223. The highest BCUT2D eigenvalue weighted by molar-refractivity contribution is 5.77. The number of halogens is 1. The number of carbonyl (C=O) groups excluding carboxylic acids is 1. The molecule has 0 bridgehead atoms. The van der Waals surface area contributed by atoms with Crippen molar-refractivity contribution >= 4 is 12.0 Å². The van der Waals surface area contributed by atoms with Gasteiger partial charge in [-0.2, -0.15) is 0 Å². The van der Waals surface area contributed by atoms with E-state index in [4.69, 9.17) is 9.84 Å². The molecular formula is C16H19FN2O4. The summed E-state index contributed by atoms with van der Waals surface area (Å²) in [5, 5.41) is 11.9. The number of nitrogens with one attached hydrogen (secondary N) is 1. The number of carboxylic acid groups (broad SMARTS) is 1. The maximum absolute atomic E-state index is 13.4. The van der Waals surface area contributed by atoms with Crippen LogP contribution in [0, 0.1) is 11.7 Å². The van der Waals surface area contributed by atoms with Crippen LogP contribution in [0.15, 0.2) is 18.2 Å². The van der Waals surface area contributed by atoms with Crippen LogP contribution in [-0.4, -0.2) is 41.7 Å². The van der Waals surface area contributed by atoms with Crippen molar-refractivity contribution in [3.63, 3.8) is 0 Å². The number of hydrogen-bond acceptors (Lipinski definition) is 3. The van der Waals surface area contributed by atoms with E-state index in [0.29, 0.717) is 31.7 Å². The highest BCUT2D eigenvalue weighted by Gasteiger charge is 2.32. The Morgan fingerprint density at radius 2 is 2.17 bits per heavy atom. The number of aliphatic carboxylic acids is 1. The summed E-state index contributed by atoms with van der Waals surface area (Å²) >= 11 is 0. The van der Waals surface area contributed by atoms with Gasteiger partial charge in [-0.25, -0.2) is 9.18 Å². The van der Waals surface area contributed by atoms with Crippen LogP contribution in [-0.2, 0) is 4.79 Å². The molecular weight excluding hydrogens is 303 g/mol. The minimum Gasteiger partial charge on any atom is -0.493 e. The SMILES string of the molecule is O=C(O)C1CCN(C(=O)NC2CCCOc3cc(F)ccc32)C1. The molecule has 1 aromatic carbocycles. The molecule has 0 aromatic heterocycles. The van der Waals surface area contributed by atoms with Gasteiger partial charge >= 0.3 is 12.0 Å². The Morgan fingerprint density at radius 3 is 2.91 bits per heavy atom. The van der Waals surface area contributed by atoms with Gasteiger partial charge in [0.2, 0.25) is 0 Å². The Balaban J connectivity index is 1.70. The van der Waals surface area contributed by atoms with Gasteiger partial charge in [-0.05, 0) is 25.3 Å². The maximum atomic E-state index is 13.4. The van der Waals surface area contributed by atoms with Crippen molar-refractivity contribution in [1.82, 2.24) is 10.2 Å². The molecule has 1 fully saturated rings. The second kappa shape index (κ2) is 6.44. The molecule has 2 heterocycles. The molecule has 23 heavy (non-hydrogen) atoms. The molecule has 0 spiro atoms. The van der Waals surface area contributed by atoms with Crippen molar-refractivity contribution in [1.29, 1.82) is 0 Å². The number of rotatable bonds is 2. The number of likely N-dealkylation sites (tertiary alicyclic amines) is 1. The van der Waals surface area contributed by atoms with Crippen molar-refractivity contribution in [2.75, 3.05) is 19.7 Å². The summed E-state index contributed by atoms with van der Waals surface area (Å²) in [7, 11) is 0. The van der Waals surface area contributed by atoms with Crippen LogP contribution in [0.5, 0.6) is 5.75 Å². The van der Waals surface area contributed by atoms with Gasteiger partial charge in [0.25, 0.3) is 0 Å². The fraction of sp³-hybridized carbons (Fsp3) is 0.500. The molecule has 2 amide bonds. The van der Waals surface area contributed by atoms with Crippen LogP contribution in [0.2, 0.25) is 0 Å². The van der Waals surface area contributed by atoms with Crippen molar-refractivity contribution < 1.29 is 23.8 Å². The molecule has 0 radical (unpaired) electrons. The Labute approximate surface area is 133 Å². The zero-order chi connectivity index (χ0) is 16.4. The maximum Gasteiger partial charge on any atom is 0.317 e. The van der Waals surface area contributed by atoms with Crippen molar-refractivity contribution in [3.05, 3.63) is 29.6 Å². The van der Waals surface area contributed by atoms with Gasteiger partial charge in [-0.15, -0.1) is 0 Å². The van der Waals surface area contributed by atoms with E-state index in [-0.39, 0.29) is 24.4 Å². The van der Waals surface area contributed by atoms with E-state index in [1.165, 1.54) is 17.0 Å². The van der Waals surface area contributed by atoms with Crippen LogP contribution in [0.25, 0.3) is 0 Å². The molecule has 1 saturated heterocycles.